The van der Waals surface area contributed by atoms with Crippen LogP contribution < -0.4 is 10.5 Å². The molecule has 6 nitrogen and oxygen atoms in total. The number of methoxy groups -OCH3 is 1. The molecule has 0 aliphatic carbocycles. The summed E-state index contributed by atoms with van der Waals surface area (Å²) >= 11 is 0. The number of rotatable bonds is 6. The molecule has 1 aromatic carbocycles. The molecule has 110 valence electrons. The molecule has 0 radical (unpaired) electrons. The monoisotopic (exact) mass is 280 g/mol. The molecule has 1 aromatic rings. The Kier molecular flexibility index (Phi) is 5.99. The van der Waals surface area contributed by atoms with Crippen LogP contribution in [0.5, 0.6) is 5.75 Å². The lowest BCUT2D eigenvalue weighted by Crippen LogP contribution is -2.47. The highest BCUT2D eigenvalue weighted by Crippen LogP contribution is 2.14. The Morgan fingerprint density at radius 1 is 1.40 bits per heavy atom. The summed E-state index contributed by atoms with van der Waals surface area (Å²) < 4.78 is 9.84. The zero-order chi connectivity index (χ0) is 15.1. The second-order valence-electron chi connectivity index (χ2n) is 4.28. The van der Waals surface area contributed by atoms with Crippen molar-refractivity contribution in [2.75, 3.05) is 20.8 Å². The molecule has 0 saturated heterocycles. The number of carbonyl (C=O) groups is 2. The van der Waals surface area contributed by atoms with E-state index in [1.54, 1.807) is 21.1 Å². The lowest BCUT2D eigenvalue weighted by Gasteiger charge is -2.20. The van der Waals surface area contributed by atoms with E-state index >= 15 is 0 Å². The van der Waals surface area contributed by atoms with Crippen LogP contribution in [-0.4, -0.2) is 43.6 Å². The van der Waals surface area contributed by atoms with E-state index in [4.69, 9.17) is 15.2 Å². The van der Waals surface area contributed by atoms with Crippen molar-refractivity contribution in [2.45, 2.75) is 19.5 Å². The second-order valence-corrected chi connectivity index (χ2v) is 4.28. The van der Waals surface area contributed by atoms with Crippen LogP contribution in [0, 0.1) is 0 Å². The standard InChI is InChI=1S/C14H20N2O4/c1-4-20-14(18)12(15)13(17)16(2)9-10-6-5-7-11(8-10)19-3/h5-8,12H,4,9,15H2,1-3H3. The van der Waals surface area contributed by atoms with Gasteiger partial charge in [0.05, 0.1) is 13.7 Å². The normalized spacial score (nSPS) is 11.6. The van der Waals surface area contributed by atoms with Gasteiger partial charge in [-0.1, -0.05) is 12.1 Å². The van der Waals surface area contributed by atoms with Crippen LogP contribution >= 0.6 is 0 Å². The van der Waals surface area contributed by atoms with Crippen LogP contribution in [0.3, 0.4) is 0 Å². The summed E-state index contributed by atoms with van der Waals surface area (Å²) in [6, 6.07) is 6.04. The van der Waals surface area contributed by atoms with Gasteiger partial charge in [0.25, 0.3) is 5.91 Å². The van der Waals surface area contributed by atoms with Gasteiger partial charge in [-0.25, -0.2) is 4.79 Å². The van der Waals surface area contributed by atoms with Crippen molar-refractivity contribution in [1.82, 2.24) is 4.90 Å². The van der Waals surface area contributed by atoms with Crippen molar-refractivity contribution in [2.24, 2.45) is 5.73 Å². The van der Waals surface area contributed by atoms with E-state index in [9.17, 15) is 9.59 Å². The molecule has 0 bridgehead atoms. The average Bonchev–Trinajstić information content (AvgIpc) is 2.46. The fourth-order valence-electron chi connectivity index (χ4n) is 1.69. The first-order chi connectivity index (χ1) is 9.49. The Balaban J connectivity index is 2.67. The topological polar surface area (TPSA) is 81.9 Å². The quantitative estimate of drug-likeness (QED) is 0.607. The predicted molar refractivity (Wildman–Crippen MR) is 74.1 cm³/mol. The number of nitrogens with zero attached hydrogens (tertiary/aromatic N) is 1. The molecular formula is C14H20N2O4. The molecule has 20 heavy (non-hydrogen) atoms. The number of ether oxygens (including phenoxy) is 2. The average molecular weight is 280 g/mol. The van der Waals surface area contributed by atoms with Gasteiger partial charge in [-0.05, 0) is 24.6 Å². The number of hydrogen-bond donors (Lipinski definition) is 1. The van der Waals surface area contributed by atoms with E-state index in [1.807, 2.05) is 24.3 Å². The number of benzene rings is 1. The molecule has 1 atom stereocenters. The van der Waals surface area contributed by atoms with Crippen molar-refractivity contribution in [3.05, 3.63) is 29.8 Å². The fourth-order valence-corrected chi connectivity index (χ4v) is 1.69. The molecule has 1 amide bonds. The van der Waals surface area contributed by atoms with Crippen LogP contribution in [0.25, 0.3) is 0 Å². The molecule has 0 fully saturated rings. The molecule has 2 N–H and O–H groups in total. The van der Waals surface area contributed by atoms with Crippen molar-refractivity contribution < 1.29 is 19.1 Å². The summed E-state index contributed by atoms with van der Waals surface area (Å²) in [6.07, 6.45) is 0. The van der Waals surface area contributed by atoms with E-state index in [0.717, 1.165) is 5.56 Å². The van der Waals surface area contributed by atoms with E-state index < -0.39 is 17.9 Å². The van der Waals surface area contributed by atoms with Crippen molar-refractivity contribution in [1.29, 1.82) is 0 Å². The zero-order valence-electron chi connectivity index (χ0n) is 12.0. The van der Waals surface area contributed by atoms with E-state index in [-0.39, 0.29) is 6.61 Å². The minimum absolute atomic E-state index is 0.194. The van der Waals surface area contributed by atoms with Crippen molar-refractivity contribution in [3.63, 3.8) is 0 Å². The maximum absolute atomic E-state index is 12.0. The summed E-state index contributed by atoms with van der Waals surface area (Å²) in [6.45, 7) is 2.19. The number of carbonyl (C=O) groups excluding carboxylic acids is 2. The van der Waals surface area contributed by atoms with Crippen LogP contribution in [0.15, 0.2) is 24.3 Å². The first-order valence-electron chi connectivity index (χ1n) is 6.29. The highest BCUT2D eigenvalue weighted by Gasteiger charge is 2.26. The molecule has 0 aliphatic heterocycles. The predicted octanol–water partition coefficient (Wildman–Crippen LogP) is 0.544. The highest BCUT2D eigenvalue weighted by atomic mass is 16.5. The van der Waals surface area contributed by atoms with Gasteiger partial charge in [0.2, 0.25) is 0 Å². The first-order valence-corrected chi connectivity index (χ1v) is 6.29. The van der Waals surface area contributed by atoms with Gasteiger partial charge < -0.3 is 20.1 Å². The Morgan fingerprint density at radius 3 is 2.70 bits per heavy atom. The smallest absolute Gasteiger partial charge is 0.332 e. The van der Waals surface area contributed by atoms with E-state index in [2.05, 4.69) is 0 Å². The van der Waals surface area contributed by atoms with E-state index in [0.29, 0.717) is 12.3 Å². The molecule has 0 aromatic heterocycles. The first kappa shape index (κ1) is 16.0. The third kappa shape index (κ3) is 4.24. The SMILES string of the molecule is CCOC(=O)C(N)C(=O)N(C)Cc1cccc(OC)c1. The fraction of sp³-hybridized carbons (Fsp3) is 0.429. The summed E-state index contributed by atoms with van der Waals surface area (Å²) in [4.78, 5) is 24.8. The van der Waals surface area contributed by atoms with Crippen molar-refractivity contribution in [3.8, 4) is 5.75 Å². The molecule has 0 saturated carbocycles. The van der Waals surface area contributed by atoms with E-state index in [1.165, 1.54) is 4.90 Å². The van der Waals surface area contributed by atoms with Gasteiger partial charge >= 0.3 is 5.97 Å². The Hall–Kier alpha value is -2.08. The summed E-state index contributed by atoms with van der Waals surface area (Å²) in [7, 11) is 3.16. The summed E-state index contributed by atoms with van der Waals surface area (Å²) in [5, 5.41) is 0. The van der Waals surface area contributed by atoms with Crippen LogP contribution in [-0.2, 0) is 20.9 Å². The summed E-state index contributed by atoms with van der Waals surface area (Å²) in [5.41, 5.74) is 6.45. The third-order valence-electron chi connectivity index (χ3n) is 2.74. The van der Waals surface area contributed by atoms with Crippen LogP contribution in [0.4, 0.5) is 0 Å². The summed E-state index contributed by atoms with van der Waals surface area (Å²) in [5.74, 6) is -0.487. The van der Waals surface area contributed by atoms with Gasteiger partial charge in [0.1, 0.15) is 5.75 Å². The molecular weight excluding hydrogens is 260 g/mol. The molecule has 1 unspecified atom stereocenters. The number of likely N-dealkylation sites (N-methyl/N-ethyl adjacent to an activating group) is 1. The Bertz CT molecular complexity index is 476. The molecule has 0 aliphatic rings. The lowest BCUT2D eigenvalue weighted by atomic mass is 10.2. The van der Waals surface area contributed by atoms with Gasteiger partial charge in [0, 0.05) is 13.6 Å². The Morgan fingerprint density at radius 2 is 2.10 bits per heavy atom. The minimum Gasteiger partial charge on any atom is -0.497 e. The molecule has 0 heterocycles. The number of amides is 1. The Labute approximate surface area is 118 Å². The molecule has 6 heteroatoms. The minimum atomic E-state index is -1.29. The highest BCUT2D eigenvalue weighted by molar-refractivity contribution is 6.01. The third-order valence-corrected chi connectivity index (χ3v) is 2.74. The van der Waals surface area contributed by atoms with Gasteiger partial charge in [-0.3, -0.25) is 4.79 Å². The van der Waals surface area contributed by atoms with Gasteiger partial charge in [-0.2, -0.15) is 0 Å². The maximum atomic E-state index is 12.0. The van der Waals surface area contributed by atoms with Crippen molar-refractivity contribution >= 4 is 11.9 Å². The second kappa shape index (κ2) is 7.49. The van der Waals surface area contributed by atoms with Gasteiger partial charge in [0.15, 0.2) is 6.04 Å². The number of nitrogens with two attached hydrogens (primary N) is 1. The molecule has 1 rings (SSSR count). The maximum Gasteiger partial charge on any atom is 0.332 e. The lowest BCUT2D eigenvalue weighted by molar-refractivity contribution is -0.150. The largest absolute Gasteiger partial charge is 0.497 e. The van der Waals surface area contributed by atoms with Gasteiger partial charge in [-0.15, -0.1) is 0 Å². The zero-order valence-corrected chi connectivity index (χ0v) is 12.0. The number of hydrogen-bond acceptors (Lipinski definition) is 5. The number of esters is 1. The molecule has 0 spiro atoms. The van der Waals surface area contributed by atoms with Crippen LogP contribution in [0.2, 0.25) is 0 Å². The van der Waals surface area contributed by atoms with Crippen LogP contribution in [0.1, 0.15) is 12.5 Å².